The van der Waals surface area contributed by atoms with Gasteiger partial charge in [-0.25, -0.2) is 0 Å². The summed E-state index contributed by atoms with van der Waals surface area (Å²) in [5, 5.41) is 0. The summed E-state index contributed by atoms with van der Waals surface area (Å²) < 4.78 is 20.9. The largest absolute Gasteiger partial charge is 0.500 e. The Balaban J connectivity index is 3.84. The highest BCUT2D eigenvalue weighted by Crippen LogP contribution is 2.15. The van der Waals surface area contributed by atoms with Gasteiger partial charge in [0.25, 0.3) is 0 Å². The molecular weight excluding hydrogens is 252 g/mol. The summed E-state index contributed by atoms with van der Waals surface area (Å²) in [5.41, 5.74) is 0. The molecule has 0 aliphatic carbocycles. The minimum atomic E-state index is -2.54. The second-order valence-corrected chi connectivity index (χ2v) is 7.13. The lowest BCUT2D eigenvalue weighted by molar-refractivity contribution is -0.144. The SMILES string of the molecule is C=CC(C)CC(=O)OCCC[Si](OC)(OC)OC. The number of rotatable bonds is 10. The predicted molar refractivity (Wildman–Crippen MR) is 71.1 cm³/mol. The lowest BCUT2D eigenvalue weighted by Crippen LogP contribution is -2.42. The lowest BCUT2D eigenvalue weighted by Gasteiger charge is -2.24. The summed E-state index contributed by atoms with van der Waals surface area (Å²) in [7, 11) is 2.16. The van der Waals surface area contributed by atoms with E-state index in [2.05, 4.69) is 6.58 Å². The van der Waals surface area contributed by atoms with Crippen LogP contribution in [0.4, 0.5) is 0 Å². The van der Waals surface area contributed by atoms with Crippen molar-refractivity contribution >= 4 is 14.8 Å². The molecule has 106 valence electrons. The molecule has 6 heteroatoms. The molecule has 0 aromatic heterocycles. The van der Waals surface area contributed by atoms with Gasteiger partial charge in [0.05, 0.1) is 13.0 Å². The number of esters is 1. The standard InChI is InChI=1S/C12H24O5Si/c1-6-11(2)10-12(13)17-8-7-9-18(14-3,15-4)16-5/h6,11H,1,7-10H2,2-5H3. The maximum atomic E-state index is 11.4. The van der Waals surface area contributed by atoms with Crippen LogP contribution in [0.25, 0.3) is 0 Å². The number of allylic oxidation sites excluding steroid dienone is 1. The zero-order chi connectivity index (χ0) is 14.0. The smallest absolute Gasteiger partial charge is 0.466 e. The molecule has 0 N–H and O–H groups in total. The minimum absolute atomic E-state index is 0.142. The fourth-order valence-corrected chi connectivity index (χ4v) is 3.13. The van der Waals surface area contributed by atoms with Gasteiger partial charge in [-0.15, -0.1) is 6.58 Å². The van der Waals surface area contributed by atoms with Crippen LogP contribution < -0.4 is 0 Å². The zero-order valence-corrected chi connectivity index (χ0v) is 12.7. The van der Waals surface area contributed by atoms with Crippen molar-refractivity contribution in [3.05, 3.63) is 12.7 Å². The van der Waals surface area contributed by atoms with Crippen LogP contribution in [-0.4, -0.2) is 42.7 Å². The molecule has 0 amide bonds. The Labute approximate surface area is 110 Å². The third-order valence-corrected chi connectivity index (χ3v) is 5.55. The Morgan fingerprint density at radius 2 is 1.83 bits per heavy atom. The second-order valence-electron chi connectivity index (χ2n) is 4.04. The fourth-order valence-electron chi connectivity index (χ4n) is 1.44. The van der Waals surface area contributed by atoms with E-state index in [0.29, 0.717) is 25.5 Å². The van der Waals surface area contributed by atoms with Crippen LogP contribution in [0.1, 0.15) is 19.8 Å². The van der Waals surface area contributed by atoms with Gasteiger partial charge >= 0.3 is 14.8 Å². The Bertz CT molecular complexity index is 245. The van der Waals surface area contributed by atoms with Crippen LogP contribution in [-0.2, 0) is 22.8 Å². The molecule has 0 aromatic rings. The highest BCUT2D eigenvalue weighted by Gasteiger charge is 2.36. The van der Waals surface area contributed by atoms with E-state index in [1.165, 1.54) is 0 Å². The molecule has 5 nitrogen and oxygen atoms in total. The molecule has 0 saturated heterocycles. The third-order valence-electron chi connectivity index (χ3n) is 2.71. The van der Waals surface area contributed by atoms with Gasteiger partial charge in [-0.1, -0.05) is 13.0 Å². The monoisotopic (exact) mass is 276 g/mol. The normalized spacial score (nSPS) is 13.1. The lowest BCUT2D eigenvalue weighted by atomic mass is 10.1. The van der Waals surface area contributed by atoms with Crippen molar-refractivity contribution in [1.29, 1.82) is 0 Å². The second kappa shape index (κ2) is 9.27. The van der Waals surface area contributed by atoms with Crippen LogP contribution in [0, 0.1) is 5.92 Å². The van der Waals surface area contributed by atoms with Crippen molar-refractivity contribution in [1.82, 2.24) is 0 Å². The molecular formula is C12H24O5Si. The summed E-state index contributed by atoms with van der Waals surface area (Å²) >= 11 is 0. The van der Waals surface area contributed by atoms with Gasteiger partial charge in [0.1, 0.15) is 0 Å². The van der Waals surface area contributed by atoms with E-state index in [9.17, 15) is 4.79 Å². The number of hydrogen-bond acceptors (Lipinski definition) is 5. The molecule has 0 aliphatic rings. The molecule has 0 heterocycles. The maximum Gasteiger partial charge on any atom is 0.500 e. The van der Waals surface area contributed by atoms with E-state index in [0.717, 1.165) is 0 Å². The van der Waals surface area contributed by atoms with E-state index in [-0.39, 0.29) is 11.9 Å². The topological polar surface area (TPSA) is 54.0 Å². The van der Waals surface area contributed by atoms with Gasteiger partial charge in [-0.05, 0) is 12.3 Å². The zero-order valence-electron chi connectivity index (χ0n) is 11.7. The molecule has 0 saturated carbocycles. The molecule has 18 heavy (non-hydrogen) atoms. The van der Waals surface area contributed by atoms with Crippen molar-refractivity contribution < 1.29 is 22.8 Å². The third kappa shape index (κ3) is 6.30. The van der Waals surface area contributed by atoms with Crippen molar-refractivity contribution in [2.75, 3.05) is 27.9 Å². The van der Waals surface area contributed by atoms with Crippen LogP contribution in [0.15, 0.2) is 12.7 Å². The fraction of sp³-hybridized carbons (Fsp3) is 0.750. The van der Waals surface area contributed by atoms with Gasteiger partial charge < -0.3 is 18.0 Å². The number of ether oxygens (including phenoxy) is 1. The van der Waals surface area contributed by atoms with Crippen LogP contribution in [0.5, 0.6) is 0 Å². The van der Waals surface area contributed by atoms with E-state index in [4.69, 9.17) is 18.0 Å². The summed E-state index contributed by atoms with van der Waals surface area (Å²) in [6.07, 6.45) is 2.76. The van der Waals surface area contributed by atoms with Crippen molar-refractivity contribution in [2.45, 2.75) is 25.8 Å². The van der Waals surface area contributed by atoms with Gasteiger partial charge in [0, 0.05) is 27.4 Å². The Kier molecular flexibility index (Phi) is 8.91. The van der Waals surface area contributed by atoms with Crippen LogP contribution in [0.2, 0.25) is 6.04 Å². The van der Waals surface area contributed by atoms with Crippen molar-refractivity contribution in [2.24, 2.45) is 5.92 Å². The highest BCUT2D eigenvalue weighted by atomic mass is 28.4. The molecule has 0 fully saturated rings. The van der Waals surface area contributed by atoms with Crippen molar-refractivity contribution in [3.63, 3.8) is 0 Å². The molecule has 0 spiro atoms. The Morgan fingerprint density at radius 3 is 2.28 bits per heavy atom. The average Bonchev–Trinajstić information content (AvgIpc) is 2.39. The molecule has 1 unspecified atom stereocenters. The average molecular weight is 276 g/mol. The number of carbonyl (C=O) groups excluding carboxylic acids is 1. The van der Waals surface area contributed by atoms with Gasteiger partial charge in [0.15, 0.2) is 0 Å². The van der Waals surface area contributed by atoms with E-state index in [1.54, 1.807) is 27.4 Å². The van der Waals surface area contributed by atoms with Crippen LogP contribution in [0.3, 0.4) is 0 Å². The summed E-state index contributed by atoms with van der Waals surface area (Å²) in [5.74, 6) is -0.0650. The molecule has 0 radical (unpaired) electrons. The van der Waals surface area contributed by atoms with Gasteiger partial charge in [-0.2, -0.15) is 0 Å². The van der Waals surface area contributed by atoms with Crippen molar-refractivity contribution in [3.8, 4) is 0 Å². The first-order valence-corrected chi connectivity index (χ1v) is 7.90. The first kappa shape index (κ1) is 17.3. The predicted octanol–water partition coefficient (Wildman–Crippen LogP) is 2.01. The molecule has 0 rings (SSSR count). The van der Waals surface area contributed by atoms with Gasteiger partial charge in [-0.3, -0.25) is 4.79 Å². The van der Waals surface area contributed by atoms with Gasteiger partial charge in [0.2, 0.25) is 0 Å². The van der Waals surface area contributed by atoms with E-state index >= 15 is 0 Å². The molecule has 0 aliphatic heterocycles. The number of carbonyl (C=O) groups is 1. The molecule has 1 atom stereocenters. The molecule has 0 aromatic carbocycles. The minimum Gasteiger partial charge on any atom is -0.466 e. The quantitative estimate of drug-likeness (QED) is 0.264. The van der Waals surface area contributed by atoms with E-state index < -0.39 is 8.80 Å². The maximum absolute atomic E-state index is 11.4. The molecule has 0 bridgehead atoms. The Morgan fingerprint density at radius 1 is 1.28 bits per heavy atom. The van der Waals surface area contributed by atoms with E-state index in [1.807, 2.05) is 6.92 Å². The summed E-state index contributed by atoms with van der Waals surface area (Å²) in [6.45, 7) is 5.90. The Hall–Kier alpha value is -0.693. The number of hydrogen-bond donors (Lipinski definition) is 0. The summed E-state index contributed by atoms with van der Waals surface area (Å²) in [4.78, 5) is 11.4. The highest BCUT2D eigenvalue weighted by molar-refractivity contribution is 6.60. The summed E-state index contributed by atoms with van der Waals surface area (Å²) in [6, 6.07) is 0.626. The first-order valence-electron chi connectivity index (χ1n) is 5.97. The first-order chi connectivity index (χ1) is 8.53. The van der Waals surface area contributed by atoms with Crippen LogP contribution >= 0.6 is 0 Å².